The minimum atomic E-state index is 0.626. The number of fused-ring (bicyclic) bond motifs is 2. The van der Waals surface area contributed by atoms with E-state index in [-0.39, 0.29) is 0 Å². The summed E-state index contributed by atoms with van der Waals surface area (Å²) >= 11 is 0. The zero-order valence-corrected chi connectivity index (χ0v) is 32.6. The molecular formula is C52H38N4O2. The summed E-state index contributed by atoms with van der Waals surface area (Å²) in [5.41, 5.74) is 20.2. The Bertz CT molecular complexity index is 3030. The van der Waals surface area contributed by atoms with Gasteiger partial charge in [0.05, 0.1) is 17.1 Å². The van der Waals surface area contributed by atoms with E-state index < -0.39 is 0 Å². The number of oxazole rings is 2. The Morgan fingerprint density at radius 2 is 0.793 bits per heavy atom. The first-order valence-corrected chi connectivity index (χ1v) is 19.4. The fraction of sp³-hybridized carbons (Fsp3) is 0.0769. The fourth-order valence-corrected chi connectivity index (χ4v) is 7.45. The van der Waals surface area contributed by atoms with Crippen LogP contribution in [0.5, 0.6) is 0 Å². The highest BCUT2D eigenvalue weighted by Gasteiger charge is 2.15. The minimum Gasteiger partial charge on any atom is -0.436 e. The van der Waals surface area contributed by atoms with E-state index in [9.17, 15) is 0 Å². The number of benzene rings is 6. The second-order valence-corrected chi connectivity index (χ2v) is 15.0. The van der Waals surface area contributed by atoms with Crippen LogP contribution in [0.4, 0.5) is 0 Å². The Labute approximate surface area is 336 Å². The zero-order chi connectivity index (χ0) is 39.3. The van der Waals surface area contributed by atoms with E-state index in [1.165, 1.54) is 22.3 Å². The largest absolute Gasteiger partial charge is 0.436 e. The van der Waals surface area contributed by atoms with Gasteiger partial charge in [-0.25, -0.2) is 15.0 Å². The summed E-state index contributed by atoms with van der Waals surface area (Å²) in [6.07, 6.45) is 1.80. The van der Waals surface area contributed by atoms with Crippen LogP contribution in [0.1, 0.15) is 22.3 Å². The van der Waals surface area contributed by atoms with Gasteiger partial charge >= 0.3 is 0 Å². The molecule has 6 nitrogen and oxygen atoms in total. The van der Waals surface area contributed by atoms with Crippen LogP contribution in [-0.2, 0) is 0 Å². The molecule has 4 heterocycles. The van der Waals surface area contributed by atoms with Crippen molar-refractivity contribution in [1.82, 2.24) is 19.9 Å². The first-order chi connectivity index (χ1) is 28.3. The molecule has 0 N–H and O–H groups in total. The predicted molar refractivity (Wildman–Crippen MR) is 234 cm³/mol. The molecule has 0 fully saturated rings. The molecule has 0 saturated carbocycles. The molecule has 0 unspecified atom stereocenters. The number of pyridine rings is 2. The monoisotopic (exact) mass is 750 g/mol. The molecule has 0 amide bonds. The highest BCUT2D eigenvalue weighted by molar-refractivity contribution is 5.85. The number of hydrogen-bond acceptors (Lipinski definition) is 6. The fourth-order valence-electron chi connectivity index (χ4n) is 7.45. The summed E-state index contributed by atoms with van der Waals surface area (Å²) in [4.78, 5) is 19.3. The van der Waals surface area contributed by atoms with Crippen molar-refractivity contribution in [2.75, 3.05) is 0 Å². The van der Waals surface area contributed by atoms with E-state index in [2.05, 4.69) is 166 Å². The van der Waals surface area contributed by atoms with Gasteiger partial charge in [0.2, 0.25) is 11.8 Å². The quantitative estimate of drug-likeness (QED) is 0.161. The third-order valence-electron chi connectivity index (χ3n) is 11.1. The van der Waals surface area contributed by atoms with Gasteiger partial charge in [-0.2, -0.15) is 0 Å². The van der Waals surface area contributed by atoms with Crippen LogP contribution >= 0.6 is 0 Å². The molecule has 4 aromatic heterocycles. The van der Waals surface area contributed by atoms with Gasteiger partial charge in [0.25, 0.3) is 0 Å². The molecule has 278 valence electrons. The average Bonchev–Trinajstić information content (AvgIpc) is 3.88. The summed E-state index contributed by atoms with van der Waals surface area (Å²) in [5, 5.41) is 0. The second kappa shape index (κ2) is 14.3. The molecule has 0 bridgehead atoms. The summed E-state index contributed by atoms with van der Waals surface area (Å²) in [7, 11) is 0. The van der Waals surface area contributed by atoms with Gasteiger partial charge in [-0.15, -0.1) is 0 Å². The van der Waals surface area contributed by atoms with E-state index in [0.717, 1.165) is 89.4 Å². The number of aromatic nitrogens is 4. The molecule has 0 atom stereocenters. The number of nitrogens with zero attached hydrogens (tertiary/aromatic N) is 4. The van der Waals surface area contributed by atoms with Crippen LogP contribution in [0.15, 0.2) is 167 Å². The molecule has 0 aliphatic heterocycles. The molecule has 6 aromatic carbocycles. The topological polar surface area (TPSA) is 77.8 Å². The molecule has 0 saturated heterocycles. The molecule has 0 spiro atoms. The third-order valence-corrected chi connectivity index (χ3v) is 11.1. The van der Waals surface area contributed by atoms with Crippen molar-refractivity contribution in [2.45, 2.75) is 27.7 Å². The van der Waals surface area contributed by atoms with Crippen molar-refractivity contribution in [2.24, 2.45) is 0 Å². The third kappa shape index (κ3) is 6.54. The van der Waals surface area contributed by atoms with Gasteiger partial charge in [0.15, 0.2) is 11.2 Å². The molecular weight excluding hydrogens is 713 g/mol. The standard InChI is InChI=1S/C52H38N4O2/c1-31-27-46-48(29-33(31)3)57-51(55-46)41-20-12-37(13-21-41)35-8-16-39(17-9-35)43-24-25-45(44-7-5-6-26-53-44)54-50(43)40-18-10-36(11-19-40)38-14-22-42(23-15-38)52-56-47-28-32(2)34(4)30-49(47)58-52/h5-30H,1-4H3. The van der Waals surface area contributed by atoms with Crippen LogP contribution in [0.3, 0.4) is 0 Å². The molecule has 58 heavy (non-hydrogen) atoms. The van der Waals surface area contributed by atoms with Crippen molar-refractivity contribution < 1.29 is 8.83 Å². The van der Waals surface area contributed by atoms with Crippen LogP contribution in [0, 0.1) is 27.7 Å². The van der Waals surface area contributed by atoms with Gasteiger partial charge in [0.1, 0.15) is 11.0 Å². The van der Waals surface area contributed by atoms with Crippen LogP contribution in [0.25, 0.3) is 101 Å². The highest BCUT2D eigenvalue weighted by atomic mass is 16.4. The molecule has 10 aromatic rings. The molecule has 0 aliphatic rings. The van der Waals surface area contributed by atoms with Gasteiger partial charge in [-0.05, 0) is 151 Å². The maximum absolute atomic E-state index is 6.12. The van der Waals surface area contributed by atoms with E-state index >= 15 is 0 Å². The maximum Gasteiger partial charge on any atom is 0.227 e. The van der Waals surface area contributed by atoms with Crippen molar-refractivity contribution in [3.8, 4) is 78.9 Å². The summed E-state index contributed by atoms with van der Waals surface area (Å²) < 4.78 is 12.2. The predicted octanol–water partition coefficient (Wildman–Crippen LogP) is 13.7. The SMILES string of the molecule is Cc1cc2nc(-c3ccc(-c4ccc(-c5ccc(-c6ccccn6)nc5-c5ccc(-c6ccc(-c7nc8cc(C)c(C)cc8o7)cc6)cc5)cc4)cc3)oc2cc1C. The lowest BCUT2D eigenvalue weighted by atomic mass is 9.95. The lowest BCUT2D eigenvalue weighted by molar-refractivity contribution is 0.619. The summed E-state index contributed by atoms with van der Waals surface area (Å²) in [6.45, 7) is 8.38. The zero-order valence-electron chi connectivity index (χ0n) is 32.6. The number of hydrogen-bond donors (Lipinski definition) is 0. The average molecular weight is 751 g/mol. The minimum absolute atomic E-state index is 0.626. The number of rotatable bonds is 7. The lowest BCUT2D eigenvalue weighted by Crippen LogP contribution is -1.94. The second-order valence-electron chi connectivity index (χ2n) is 15.0. The Morgan fingerprint density at radius 1 is 0.362 bits per heavy atom. The van der Waals surface area contributed by atoms with Crippen molar-refractivity contribution in [3.05, 3.63) is 180 Å². The lowest BCUT2D eigenvalue weighted by Gasteiger charge is -2.13. The van der Waals surface area contributed by atoms with Crippen LogP contribution in [-0.4, -0.2) is 19.9 Å². The van der Waals surface area contributed by atoms with Crippen LogP contribution < -0.4 is 0 Å². The molecule has 0 radical (unpaired) electrons. The summed E-state index contributed by atoms with van der Waals surface area (Å²) in [5.74, 6) is 1.25. The van der Waals surface area contributed by atoms with Gasteiger partial charge in [-0.3, -0.25) is 4.98 Å². The van der Waals surface area contributed by atoms with Gasteiger partial charge < -0.3 is 8.83 Å². The van der Waals surface area contributed by atoms with E-state index in [1.54, 1.807) is 6.20 Å². The molecule has 6 heteroatoms. The maximum atomic E-state index is 6.12. The highest BCUT2D eigenvalue weighted by Crippen LogP contribution is 2.36. The normalized spacial score (nSPS) is 11.4. The van der Waals surface area contributed by atoms with Crippen LogP contribution in [0.2, 0.25) is 0 Å². The summed E-state index contributed by atoms with van der Waals surface area (Å²) in [6, 6.07) is 52.5. The number of aryl methyl sites for hydroxylation is 4. The molecule has 0 aliphatic carbocycles. The Hall–Kier alpha value is -7.44. The van der Waals surface area contributed by atoms with Crippen molar-refractivity contribution >= 4 is 22.2 Å². The van der Waals surface area contributed by atoms with Gasteiger partial charge in [0, 0.05) is 28.5 Å². The van der Waals surface area contributed by atoms with Gasteiger partial charge in [-0.1, -0.05) is 78.9 Å². The van der Waals surface area contributed by atoms with Crippen molar-refractivity contribution in [3.63, 3.8) is 0 Å². The van der Waals surface area contributed by atoms with E-state index in [0.29, 0.717) is 11.8 Å². The Kier molecular flexibility index (Phi) is 8.60. The smallest absolute Gasteiger partial charge is 0.227 e. The van der Waals surface area contributed by atoms with E-state index in [1.807, 2.05) is 18.2 Å². The molecule has 10 rings (SSSR count). The Morgan fingerprint density at radius 3 is 1.26 bits per heavy atom. The van der Waals surface area contributed by atoms with E-state index in [4.69, 9.17) is 23.8 Å². The van der Waals surface area contributed by atoms with Crippen molar-refractivity contribution in [1.29, 1.82) is 0 Å². The first-order valence-electron chi connectivity index (χ1n) is 19.4. The first kappa shape index (κ1) is 35.0. The Balaban J connectivity index is 0.931.